The SMILES string of the molecule is Cc1nc(C)n(C2CCCN(C(=O)c3sc(C(C)C)nc3C)C2)n1. The summed E-state index contributed by atoms with van der Waals surface area (Å²) in [4.78, 5) is 24.7. The maximum absolute atomic E-state index is 13.0. The molecule has 1 unspecified atom stereocenters. The number of aryl methyl sites for hydroxylation is 3. The Labute approximate surface area is 146 Å². The minimum atomic E-state index is 0.107. The lowest BCUT2D eigenvalue weighted by Gasteiger charge is -2.33. The number of rotatable bonds is 3. The van der Waals surface area contributed by atoms with Gasteiger partial charge in [0.15, 0.2) is 0 Å². The second-order valence-electron chi connectivity index (χ2n) is 6.82. The van der Waals surface area contributed by atoms with E-state index in [0.717, 1.165) is 46.6 Å². The van der Waals surface area contributed by atoms with Gasteiger partial charge in [-0.05, 0) is 33.6 Å². The lowest BCUT2D eigenvalue weighted by atomic mass is 10.1. The molecule has 0 aliphatic carbocycles. The highest BCUT2D eigenvalue weighted by molar-refractivity contribution is 7.13. The Balaban J connectivity index is 1.79. The average molecular weight is 347 g/mol. The topological polar surface area (TPSA) is 63.9 Å². The van der Waals surface area contributed by atoms with Crippen LogP contribution in [-0.2, 0) is 0 Å². The molecular weight excluding hydrogens is 322 g/mol. The Kier molecular flexibility index (Phi) is 4.71. The molecule has 3 heterocycles. The first-order chi connectivity index (χ1) is 11.4. The molecule has 0 aromatic carbocycles. The van der Waals surface area contributed by atoms with Crippen LogP contribution in [-0.4, -0.2) is 43.6 Å². The highest BCUT2D eigenvalue weighted by Gasteiger charge is 2.29. The van der Waals surface area contributed by atoms with Crippen LogP contribution in [0.25, 0.3) is 0 Å². The molecule has 2 aromatic heterocycles. The summed E-state index contributed by atoms with van der Waals surface area (Å²) in [5.74, 6) is 2.17. The maximum atomic E-state index is 13.0. The molecular formula is C17H25N5OS. The third kappa shape index (κ3) is 3.22. The molecule has 1 saturated heterocycles. The van der Waals surface area contributed by atoms with Gasteiger partial charge in [0.1, 0.15) is 16.5 Å². The van der Waals surface area contributed by atoms with E-state index in [0.29, 0.717) is 12.5 Å². The second kappa shape index (κ2) is 6.63. The van der Waals surface area contributed by atoms with E-state index < -0.39 is 0 Å². The van der Waals surface area contributed by atoms with Gasteiger partial charge in [-0.25, -0.2) is 14.6 Å². The average Bonchev–Trinajstić information content (AvgIpc) is 3.09. The Morgan fingerprint density at radius 1 is 1.25 bits per heavy atom. The third-order valence-electron chi connectivity index (χ3n) is 4.44. The predicted molar refractivity (Wildman–Crippen MR) is 94.6 cm³/mol. The monoisotopic (exact) mass is 347 g/mol. The van der Waals surface area contributed by atoms with Gasteiger partial charge in [0.2, 0.25) is 0 Å². The summed E-state index contributed by atoms with van der Waals surface area (Å²) in [5.41, 5.74) is 0.851. The van der Waals surface area contributed by atoms with Crippen LogP contribution < -0.4 is 0 Å². The minimum absolute atomic E-state index is 0.107. The van der Waals surface area contributed by atoms with Gasteiger partial charge >= 0.3 is 0 Å². The van der Waals surface area contributed by atoms with Gasteiger partial charge in [-0.15, -0.1) is 11.3 Å². The van der Waals surface area contributed by atoms with Crippen molar-refractivity contribution in [2.45, 2.75) is 59.4 Å². The molecule has 0 N–H and O–H groups in total. The number of aromatic nitrogens is 4. The Bertz CT molecular complexity index is 748. The second-order valence-corrected chi connectivity index (χ2v) is 7.85. The molecule has 1 aliphatic rings. The molecule has 1 fully saturated rings. The molecule has 1 amide bonds. The zero-order chi connectivity index (χ0) is 17.4. The van der Waals surface area contributed by atoms with Crippen LogP contribution in [0.15, 0.2) is 0 Å². The predicted octanol–water partition coefficient (Wildman–Crippen LogP) is 3.26. The molecule has 3 rings (SSSR count). The summed E-state index contributed by atoms with van der Waals surface area (Å²) in [6, 6.07) is 0.210. The van der Waals surface area contributed by atoms with Gasteiger partial charge in [-0.2, -0.15) is 5.10 Å². The van der Waals surface area contributed by atoms with Gasteiger partial charge in [0.25, 0.3) is 5.91 Å². The minimum Gasteiger partial charge on any atom is -0.336 e. The zero-order valence-electron chi connectivity index (χ0n) is 15.0. The molecule has 24 heavy (non-hydrogen) atoms. The first-order valence-electron chi connectivity index (χ1n) is 8.53. The quantitative estimate of drug-likeness (QED) is 0.855. The Morgan fingerprint density at radius 2 is 2.00 bits per heavy atom. The first-order valence-corrected chi connectivity index (χ1v) is 9.34. The van der Waals surface area contributed by atoms with Crippen LogP contribution in [0.1, 0.15) is 70.7 Å². The lowest BCUT2D eigenvalue weighted by Crippen LogP contribution is -2.41. The van der Waals surface area contributed by atoms with Crippen molar-refractivity contribution in [3.05, 3.63) is 27.2 Å². The number of likely N-dealkylation sites (tertiary alicyclic amines) is 1. The number of hydrogen-bond donors (Lipinski definition) is 0. The molecule has 0 radical (unpaired) electrons. The van der Waals surface area contributed by atoms with Gasteiger partial charge in [0, 0.05) is 19.0 Å². The largest absolute Gasteiger partial charge is 0.336 e. The van der Waals surface area contributed by atoms with E-state index in [1.807, 2.05) is 30.4 Å². The van der Waals surface area contributed by atoms with Crippen molar-refractivity contribution in [1.82, 2.24) is 24.6 Å². The molecule has 0 bridgehead atoms. The fraction of sp³-hybridized carbons (Fsp3) is 0.647. The summed E-state index contributed by atoms with van der Waals surface area (Å²) >= 11 is 1.54. The van der Waals surface area contributed by atoms with Crippen LogP contribution in [0, 0.1) is 20.8 Å². The van der Waals surface area contributed by atoms with Crippen LogP contribution >= 0.6 is 11.3 Å². The van der Waals surface area contributed by atoms with Crippen LogP contribution in [0.3, 0.4) is 0 Å². The smallest absolute Gasteiger partial charge is 0.265 e. The number of carbonyl (C=O) groups excluding carboxylic acids is 1. The molecule has 0 spiro atoms. The molecule has 1 aliphatic heterocycles. The highest BCUT2D eigenvalue weighted by Crippen LogP contribution is 2.28. The summed E-state index contributed by atoms with van der Waals surface area (Å²) in [7, 11) is 0. The van der Waals surface area contributed by atoms with Crippen LogP contribution in [0.5, 0.6) is 0 Å². The fourth-order valence-electron chi connectivity index (χ4n) is 3.23. The standard InChI is InChI=1S/C17H25N5OS/c1-10(2)16-18-11(3)15(24-16)17(23)21-8-6-7-14(9-21)22-13(5)19-12(4)20-22/h10,14H,6-9H2,1-5H3. The molecule has 2 aromatic rings. The molecule has 0 saturated carbocycles. The first kappa shape index (κ1) is 17.1. The molecule has 6 nitrogen and oxygen atoms in total. The van der Waals surface area contributed by atoms with E-state index in [-0.39, 0.29) is 11.9 Å². The van der Waals surface area contributed by atoms with Crippen molar-refractivity contribution in [2.24, 2.45) is 0 Å². The van der Waals surface area contributed by atoms with Crippen molar-refractivity contribution in [1.29, 1.82) is 0 Å². The Morgan fingerprint density at radius 3 is 2.58 bits per heavy atom. The van der Waals surface area contributed by atoms with Crippen molar-refractivity contribution in [3.8, 4) is 0 Å². The number of amides is 1. The number of nitrogens with zero attached hydrogens (tertiary/aromatic N) is 5. The van der Waals surface area contributed by atoms with E-state index in [1.165, 1.54) is 11.3 Å². The van der Waals surface area contributed by atoms with E-state index in [9.17, 15) is 4.79 Å². The van der Waals surface area contributed by atoms with Gasteiger partial charge in [0.05, 0.1) is 16.7 Å². The number of thiazole rings is 1. The zero-order valence-corrected chi connectivity index (χ0v) is 15.9. The van der Waals surface area contributed by atoms with Crippen molar-refractivity contribution in [3.63, 3.8) is 0 Å². The number of hydrogen-bond acceptors (Lipinski definition) is 5. The number of carbonyl (C=O) groups is 1. The van der Waals surface area contributed by atoms with Crippen LogP contribution in [0.4, 0.5) is 0 Å². The summed E-state index contributed by atoms with van der Waals surface area (Å²) in [6.07, 6.45) is 2.02. The van der Waals surface area contributed by atoms with Crippen molar-refractivity contribution in [2.75, 3.05) is 13.1 Å². The lowest BCUT2D eigenvalue weighted by molar-refractivity contribution is 0.0675. The van der Waals surface area contributed by atoms with E-state index in [1.54, 1.807) is 0 Å². The third-order valence-corrected chi connectivity index (χ3v) is 5.88. The van der Waals surface area contributed by atoms with Crippen LogP contribution in [0.2, 0.25) is 0 Å². The van der Waals surface area contributed by atoms with E-state index >= 15 is 0 Å². The highest BCUT2D eigenvalue weighted by atomic mass is 32.1. The van der Waals surface area contributed by atoms with Crippen molar-refractivity contribution >= 4 is 17.2 Å². The molecule has 1 atom stereocenters. The number of piperidine rings is 1. The normalized spacial score (nSPS) is 18.4. The van der Waals surface area contributed by atoms with E-state index in [2.05, 4.69) is 28.9 Å². The van der Waals surface area contributed by atoms with Gasteiger partial charge in [-0.3, -0.25) is 4.79 Å². The maximum Gasteiger partial charge on any atom is 0.265 e. The fourth-order valence-corrected chi connectivity index (χ4v) is 4.26. The van der Waals surface area contributed by atoms with Gasteiger partial charge < -0.3 is 4.90 Å². The molecule has 130 valence electrons. The van der Waals surface area contributed by atoms with Gasteiger partial charge in [-0.1, -0.05) is 13.8 Å². The Hall–Kier alpha value is -1.76. The van der Waals surface area contributed by atoms with E-state index in [4.69, 9.17) is 0 Å². The molecule has 7 heteroatoms. The summed E-state index contributed by atoms with van der Waals surface area (Å²) in [5, 5.41) is 5.54. The summed E-state index contributed by atoms with van der Waals surface area (Å²) in [6.45, 7) is 11.5. The summed E-state index contributed by atoms with van der Waals surface area (Å²) < 4.78 is 1.98. The van der Waals surface area contributed by atoms with Crippen molar-refractivity contribution < 1.29 is 4.79 Å².